The maximum absolute atomic E-state index is 15.2. The molecule has 1 unspecified atom stereocenters. The summed E-state index contributed by atoms with van der Waals surface area (Å²) in [6.07, 6.45) is -0.234. The Hall–Kier alpha value is -3.43. The van der Waals surface area contributed by atoms with E-state index < -0.39 is 68.4 Å². The van der Waals surface area contributed by atoms with Crippen molar-refractivity contribution < 1.29 is 45.6 Å². The van der Waals surface area contributed by atoms with Crippen molar-refractivity contribution in [1.82, 2.24) is 14.8 Å². The van der Waals surface area contributed by atoms with E-state index in [4.69, 9.17) is 25.3 Å². The maximum atomic E-state index is 15.2. The van der Waals surface area contributed by atoms with Crippen molar-refractivity contribution in [3.8, 4) is 22.8 Å². The smallest absolute Gasteiger partial charge is 0.410 e. The van der Waals surface area contributed by atoms with E-state index in [1.165, 1.54) is 9.80 Å². The fourth-order valence-corrected chi connectivity index (χ4v) is 6.84. The molecule has 3 aliphatic rings. The van der Waals surface area contributed by atoms with Crippen LogP contribution in [0, 0.1) is 11.6 Å². The fourth-order valence-electron chi connectivity index (χ4n) is 5.93. The van der Waals surface area contributed by atoms with E-state index in [-0.39, 0.29) is 67.1 Å². The van der Waals surface area contributed by atoms with E-state index >= 15 is 4.39 Å². The van der Waals surface area contributed by atoms with Crippen molar-refractivity contribution in [2.45, 2.75) is 64.3 Å². The molecule has 4 heterocycles. The monoisotopic (exact) mass is 672 g/mol. The summed E-state index contributed by atoms with van der Waals surface area (Å²) < 4.78 is 70.5. The number of halogens is 3. The number of hydrogen-bond acceptors (Lipinski definition) is 10. The van der Waals surface area contributed by atoms with E-state index in [0.29, 0.717) is 0 Å². The number of phenols is 1. The number of aromatic hydroxyl groups is 1. The zero-order valence-corrected chi connectivity index (χ0v) is 27.3. The lowest BCUT2D eigenvalue weighted by molar-refractivity contribution is 0.000951. The number of pyridine rings is 1. The molecule has 45 heavy (non-hydrogen) atoms. The van der Waals surface area contributed by atoms with Crippen molar-refractivity contribution >= 4 is 39.5 Å². The molecule has 0 aliphatic carbocycles. The van der Waals surface area contributed by atoms with Gasteiger partial charge in [-0.15, -0.1) is 0 Å². The van der Waals surface area contributed by atoms with E-state index in [0.717, 1.165) is 18.4 Å². The highest BCUT2D eigenvalue weighted by molar-refractivity contribution is 7.86. The molecule has 0 saturated carbocycles. The Balaban J connectivity index is 1.64. The fraction of sp³-hybridized carbons (Fsp3) is 0.552. The third-order valence-electron chi connectivity index (χ3n) is 7.83. The number of carbonyl (C=O) groups is 2. The first-order chi connectivity index (χ1) is 20.8. The number of ether oxygens (including phenoxy) is 2. The summed E-state index contributed by atoms with van der Waals surface area (Å²) in [4.78, 5) is 36.4. The quantitative estimate of drug-likeness (QED) is 0.471. The second kappa shape index (κ2) is 11.4. The van der Waals surface area contributed by atoms with Crippen LogP contribution < -0.4 is 9.64 Å². The van der Waals surface area contributed by atoms with Crippen molar-refractivity contribution in [3.63, 3.8) is 0 Å². The molecule has 0 spiro atoms. The van der Waals surface area contributed by atoms with E-state index in [9.17, 15) is 27.5 Å². The van der Waals surface area contributed by atoms with Crippen LogP contribution in [0.25, 0.3) is 11.3 Å². The first-order valence-corrected chi connectivity index (χ1v) is 16.5. The number of benzene rings is 1. The molecule has 5 rings (SSSR count). The minimum absolute atomic E-state index is 0.0403. The number of anilines is 1. The van der Waals surface area contributed by atoms with Crippen LogP contribution in [0.5, 0.6) is 11.5 Å². The Bertz CT molecular complexity index is 1670. The number of nitrogens with zero attached hydrogens (tertiary/aromatic N) is 4. The van der Waals surface area contributed by atoms with Gasteiger partial charge in [-0.1, -0.05) is 11.6 Å². The van der Waals surface area contributed by atoms with Gasteiger partial charge in [-0.2, -0.15) is 8.42 Å². The molecule has 2 aromatic rings. The molecule has 12 nitrogen and oxygen atoms in total. The zero-order valence-electron chi connectivity index (χ0n) is 25.7. The summed E-state index contributed by atoms with van der Waals surface area (Å²) in [5.41, 5.74) is -2.69. The summed E-state index contributed by atoms with van der Waals surface area (Å²) in [6.45, 7) is 9.01. The standard InChI is InChI=1S/C29H35ClF2N4O8S/c1-28(2,3)43-27(39)34-9-10-35-15(12-34)14-42-24-20(26(35)38)25(36-13-16(11-29(36,4)5)44-45(6,40)41)33-22(21(24)30)19-17(31)7-8-18(32)23(19)37/h7-8,15-16,37H,9-14H2,1-6H3/t15-,16?/m1/s1. The second-order valence-electron chi connectivity index (χ2n) is 13.0. The van der Waals surface area contributed by atoms with Crippen molar-refractivity contribution in [3.05, 3.63) is 34.4 Å². The Labute approximate surface area is 264 Å². The van der Waals surface area contributed by atoms with Crippen LogP contribution in [-0.2, 0) is 19.0 Å². The van der Waals surface area contributed by atoms with Gasteiger partial charge in [-0.05, 0) is 53.2 Å². The summed E-state index contributed by atoms with van der Waals surface area (Å²) >= 11 is 6.74. The van der Waals surface area contributed by atoms with Crippen molar-refractivity contribution in [2.24, 2.45) is 0 Å². The number of carbonyl (C=O) groups excluding carboxylic acids is 2. The first kappa shape index (κ1) is 32.9. The van der Waals surface area contributed by atoms with Gasteiger partial charge in [0.15, 0.2) is 17.3 Å². The molecule has 16 heteroatoms. The maximum Gasteiger partial charge on any atom is 0.410 e. The highest BCUT2D eigenvalue weighted by Gasteiger charge is 2.47. The van der Waals surface area contributed by atoms with Gasteiger partial charge in [0.25, 0.3) is 16.0 Å². The number of hydrogen-bond donors (Lipinski definition) is 1. The molecular formula is C29H35ClF2N4O8S. The first-order valence-electron chi connectivity index (χ1n) is 14.3. The Morgan fingerprint density at radius 2 is 1.82 bits per heavy atom. The molecule has 2 saturated heterocycles. The van der Waals surface area contributed by atoms with Gasteiger partial charge >= 0.3 is 6.09 Å². The van der Waals surface area contributed by atoms with Crippen molar-refractivity contribution in [2.75, 3.05) is 43.9 Å². The molecule has 1 aromatic carbocycles. The normalized spacial score (nSPS) is 21.6. The third-order valence-corrected chi connectivity index (χ3v) is 8.80. The van der Waals surface area contributed by atoms with Crippen LogP contribution in [0.1, 0.15) is 51.4 Å². The minimum atomic E-state index is -3.85. The topological polar surface area (TPSA) is 139 Å². The molecular weight excluding hydrogens is 638 g/mol. The molecule has 1 aromatic heterocycles. The zero-order chi connectivity index (χ0) is 33.2. The van der Waals surface area contributed by atoms with Crippen LogP contribution >= 0.6 is 11.6 Å². The number of aromatic nitrogens is 1. The van der Waals surface area contributed by atoms with Gasteiger partial charge in [0.1, 0.15) is 40.1 Å². The number of phenolic OH excluding ortho intramolecular Hbond substituents is 1. The molecule has 2 amide bonds. The SMILES string of the molecule is CC(C)(C)OC(=O)N1CCN2C(=O)c3c(N4CC(OS(C)(=O)=O)CC4(C)C)nc(-c4c(F)ccc(F)c4O)c(Cl)c3OC[C@H]2C1. The summed E-state index contributed by atoms with van der Waals surface area (Å²) in [6, 6.07) is 0.921. The molecule has 0 bridgehead atoms. The average Bonchev–Trinajstić information content (AvgIpc) is 3.11. The van der Waals surface area contributed by atoms with Crippen LogP contribution in [0.15, 0.2) is 12.1 Å². The van der Waals surface area contributed by atoms with Gasteiger partial charge < -0.3 is 29.3 Å². The van der Waals surface area contributed by atoms with E-state index in [1.54, 1.807) is 39.5 Å². The Morgan fingerprint density at radius 3 is 2.47 bits per heavy atom. The molecule has 3 aliphatic heterocycles. The van der Waals surface area contributed by atoms with Crippen LogP contribution in [-0.4, -0.2) is 103 Å². The minimum Gasteiger partial charge on any atom is -0.504 e. The second-order valence-corrected chi connectivity index (χ2v) is 15.0. The summed E-state index contributed by atoms with van der Waals surface area (Å²) in [5.74, 6) is -3.96. The number of amides is 2. The number of rotatable bonds is 4. The highest BCUT2D eigenvalue weighted by atomic mass is 35.5. The number of piperazine rings is 1. The van der Waals surface area contributed by atoms with Crippen LogP contribution in [0.4, 0.5) is 19.4 Å². The lowest BCUT2D eigenvalue weighted by Gasteiger charge is -2.40. The lowest BCUT2D eigenvalue weighted by atomic mass is 10.00. The van der Waals surface area contributed by atoms with Gasteiger partial charge in [0.05, 0.1) is 24.0 Å². The predicted octanol–water partition coefficient (Wildman–Crippen LogP) is 4.17. The van der Waals surface area contributed by atoms with E-state index in [1.807, 2.05) is 0 Å². The summed E-state index contributed by atoms with van der Waals surface area (Å²) in [7, 11) is -3.85. The third kappa shape index (κ3) is 6.47. The Morgan fingerprint density at radius 1 is 1.16 bits per heavy atom. The van der Waals surface area contributed by atoms with Crippen LogP contribution in [0.3, 0.4) is 0 Å². The van der Waals surface area contributed by atoms with Gasteiger partial charge in [-0.25, -0.2) is 18.6 Å². The van der Waals surface area contributed by atoms with E-state index in [2.05, 4.69) is 4.98 Å². The predicted molar refractivity (Wildman–Crippen MR) is 160 cm³/mol. The highest BCUT2D eigenvalue weighted by Crippen LogP contribution is 2.48. The summed E-state index contributed by atoms with van der Waals surface area (Å²) in [5, 5.41) is 10.2. The molecule has 0 radical (unpaired) electrons. The molecule has 1 N–H and O–H groups in total. The van der Waals surface area contributed by atoms with Gasteiger partial charge in [0, 0.05) is 31.7 Å². The largest absolute Gasteiger partial charge is 0.504 e. The molecule has 2 fully saturated rings. The van der Waals surface area contributed by atoms with Gasteiger partial charge in [-0.3, -0.25) is 8.98 Å². The number of fused-ring (bicyclic) bond motifs is 2. The Kier molecular flexibility index (Phi) is 8.36. The van der Waals surface area contributed by atoms with Crippen LogP contribution in [0.2, 0.25) is 5.02 Å². The molecule has 2 atom stereocenters. The lowest BCUT2D eigenvalue weighted by Crippen LogP contribution is -2.58. The average molecular weight is 673 g/mol. The van der Waals surface area contributed by atoms with Gasteiger partial charge in [0.2, 0.25) is 0 Å². The van der Waals surface area contributed by atoms with Crippen molar-refractivity contribution in [1.29, 1.82) is 0 Å². The molecule has 246 valence electrons.